The van der Waals surface area contributed by atoms with Crippen LogP contribution in [-0.4, -0.2) is 19.0 Å². The molecule has 0 aromatic heterocycles. The fourth-order valence-corrected chi connectivity index (χ4v) is 4.41. The van der Waals surface area contributed by atoms with E-state index in [0.717, 1.165) is 32.3 Å². The number of rotatable bonds is 2. The van der Waals surface area contributed by atoms with Crippen LogP contribution in [-0.2, 0) is 0 Å². The van der Waals surface area contributed by atoms with E-state index in [0.29, 0.717) is 11.3 Å². The van der Waals surface area contributed by atoms with Gasteiger partial charge in [0.05, 0.1) is 11.3 Å². The number of nitrogens with one attached hydrogen (secondary N) is 2. The Bertz CT molecular complexity index is 1130. The number of carbonyl (C=O) groups is 2. The van der Waals surface area contributed by atoms with Crippen molar-refractivity contribution in [1.82, 2.24) is 0 Å². The minimum Gasteiger partial charge on any atom is -0.310 e. The number of fused-ring (bicyclic) bond motifs is 2. The van der Waals surface area contributed by atoms with Gasteiger partial charge in [-0.3, -0.25) is 4.79 Å². The first-order chi connectivity index (χ1) is 13.9. The number of anilines is 3. The van der Waals surface area contributed by atoms with Crippen molar-refractivity contribution in [3.63, 3.8) is 0 Å². The molecule has 3 aromatic carbocycles. The highest BCUT2D eigenvalue weighted by molar-refractivity contribution is 7.99. The van der Waals surface area contributed by atoms with Gasteiger partial charge in [-0.2, -0.15) is 0 Å². The molecule has 0 atom stereocenters. The Morgan fingerprint density at radius 1 is 0.931 bits per heavy atom. The molecule has 6 heteroatoms. The van der Waals surface area contributed by atoms with Crippen molar-refractivity contribution >= 4 is 40.8 Å². The summed E-state index contributed by atoms with van der Waals surface area (Å²) >= 11 is 1.55. The molecular formula is C23H21N3O2S. The summed E-state index contributed by atoms with van der Waals surface area (Å²) in [5.74, 6) is -0.0660. The van der Waals surface area contributed by atoms with Gasteiger partial charge in [-0.15, -0.1) is 0 Å². The first kappa shape index (κ1) is 19.1. The van der Waals surface area contributed by atoms with E-state index < -0.39 is 0 Å². The summed E-state index contributed by atoms with van der Waals surface area (Å²) in [6.07, 6.45) is 0. The molecule has 0 fully saturated rings. The van der Waals surface area contributed by atoms with E-state index in [1.165, 1.54) is 0 Å². The lowest BCUT2D eigenvalue weighted by molar-refractivity contribution is 0.0990. The van der Waals surface area contributed by atoms with Gasteiger partial charge in [-0.1, -0.05) is 41.6 Å². The molecule has 0 spiro atoms. The van der Waals surface area contributed by atoms with Crippen LogP contribution in [0.15, 0.2) is 70.5 Å². The third kappa shape index (κ3) is 3.84. The lowest BCUT2D eigenvalue weighted by Gasteiger charge is -2.18. The van der Waals surface area contributed by atoms with Crippen molar-refractivity contribution in [2.24, 2.45) is 0 Å². The van der Waals surface area contributed by atoms with E-state index in [1.807, 2.05) is 74.5 Å². The Labute approximate surface area is 174 Å². The van der Waals surface area contributed by atoms with E-state index in [1.54, 1.807) is 23.7 Å². The van der Waals surface area contributed by atoms with Crippen molar-refractivity contribution in [3.8, 4) is 0 Å². The zero-order valence-electron chi connectivity index (χ0n) is 16.4. The molecule has 4 rings (SSSR count). The third-order valence-corrected chi connectivity index (χ3v) is 5.99. The topological polar surface area (TPSA) is 61.4 Å². The Morgan fingerprint density at radius 2 is 1.72 bits per heavy atom. The number of carbonyl (C=O) groups excluding carboxylic acids is 2. The fourth-order valence-electron chi connectivity index (χ4n) is 3.32. The van der Waals surface area contributed by atoms with Gasteiger partial charge in [-0.25, -0.2) is 4.79 Å². The maximum atomic E-state index is 12.9. The van der Waals surface area contributed by atoms with Gasteiger partial charge < -0.3 is 15.5 Å². The van der Waals surface area contributed by atoms with Crippen LogP contribution in [0.25, 0.3) is 0 Å². The maximum absolute atomic E-state index is 12.9. The van der Waals surface area contributed by atoms with Gasteiger partial charge in [0.1, 0.15) is 0 Å². The molecule has 146 valence electrons. The van der Waals surface area contributed by atoms with Crippen molar-refractivity contribution < 1.29 is 9.59 Å². The molecule has 0 aliphatic carbocycles. The molecule has 1 heterocycles. The largest absolute Gasteiger partial charge is 0.323 e. The molecule has 1 aliphatic heterocycles. The molecule has 3 aromatic rings. The second-order valence-corrected chi connectivity index (χ2v) is 8.13. The van der Waals surface area contributed by atoms with Crippen LogP contribution >= 0.6 is 11.8 Å². The van der Waals surface area contributed by atoms with Crippen molar-refractivity contribution in [1.29, 1.82) is 0 Å². The number of benzene rings is 3. The Balaban J connectivity index is 1.57. The van der Waals surface area contributed by atoms with Crippen LogP contribution in [0.5, 0.6) is 0 Å². The summed E-state index contributed by atoms with van der Waals surface area (Å²) in [7, 11) is 1.75. The highest BCUT2D eigenvalue weighted by Crippen LogP contribution is 2.41. The predicted molar refractivity (Wildman–Crippen MR) is 118 cm³/mol. The summed E-state index contributed by atoms with van der Waals surface area (Å²) in [4.78, 5) is 28.8. The summed E-state index contributed by atoms with van der Waals surface area (Å²) in [5.41, 5.74) is 4.98. The summed E-state index contributed by atoms with van der Waals surface area (Å²) < 4.78 is 0. The second-order valence-electron chi connectivity index (χ2n) is 7.04. The highest BCUT2D eigenvalue weighted by Gasteiger charge is 2.24. The van der Waals surface area contributed by atoms with E-state index in [2.05, 4.69) is 10.6 Å². The van der Waals surface area contributed by atoms with Gasteiger partial charge in [0.2, 0.25) is 0 Å². The van der Waals surface area contributed by atoms with Crippen LogP contribution in [0.1, 0.15) is 21.5 Å². The van der Waals surface area contributed by atoms with Crippen molar-refractivity contribution in [3.05, 3.63) is 77.4 Å². The van der Waals surface area contributed by atoms with Gasteiger partial charge in [0, 0.05) is 28.2 Å². The van der Waals surface area contributed by atoms with Crippen molar-refractivity contribution in [2.75, 3.05) is 22.6 Å². The molecule has 29 heavy (non-hydrogen) atoms. The maximum Gasteiger partial charge on any atom is 0.323 e. The number of hydrogen-bond donors (Lipinski definition) is 2. The lowest BCUT2D eigenvalue weighted by Crippen LogP contribution is -2.26. The van der Waals surface area contributed by atoms with Gasteiger partial charge in [-0.05, 0) is 55.8 Å². The first-order valence-electron chi connectivity index (χ1n) is 9.26. The molecule has 2 N–H and O–H groups in total. The molecule has 5 nitrogen and oxygen atoms in total. The minimum absolute atomic E-state index is 0.0660. The number of aryl methyl sites for hydroxylation is 2. The first-order valence-corrected chi connectivity index (χ1v) is 10.1. The third-order valence-electron chi connectivity index (χ3n) is 4.85. The van der Waals surface area contributed by atoms with Gasteiger partial charge in [0.25, 0.3) is 5.91 Å². The smallest absolute Gasteiger partial charge is 0.310 e. The van der Waals surface area contributed by atoms with E-state index >= 15 is 0 Å². The van der Waals surface area contributed by atoms with Gasteiger partial charge in [0.15, 0.2) is 0 Å². The SMILES string of the molecule is Cc1ccc(NC(=O)Nc2ccc3c(c2)N(C)C(=O)c2ccccc2S3)c(C)c1. The number of amides is 3. The summed E-state index contributed by atoms with van der Waals surface area (Å²) in [6, 6.07) is 18.7. The molecule has 0 saturated heterocycles. The van der Waals surface area contributed by atoms with Crippen LogP contribution in [0.4, 0.5) is 21.9 Å². The molecule has 0 bridgehead atoms. The number of urea groups is 1. The summed E-state index contributed by atoms with van der Waals surface area (Å²) in [6.45, 7) is 3.97. The molecule has 0 radical (unpaired) electrons. The van der Waals surface area contributed by atoms with Crippen LogP contribution in [0, 0.1) is 13.8 Å². The molecular weight excluding hydrogens is 382 g/mol. The zero-order valence-corrected chi connectivity index (χ0v) is 17.3. The Morgan fingerprint density at radius 3 is 2.52 bits per heavy atom. The van der Waals surface area contributed by atoms with Crippen LogP contribution in [0.3, 0.4) is 0 Å². The molecule has 0 saturated carbocycles. The lowest BCUT2D eigenvalue weighted by atomic mass is 10.1. The standard InChI is InChI=1S/C23H21N3O2S/c1-14-8-10-18(15(2)12-14)25-23(28)24-16-9-11-21-19(13-16)26(3)22(27)17-6-4-5-7-20(17)29-21/h4-13H,1-3H3,(H2,24,25,28). The zero-order chi connectivity index (χ0) is 20.5. The predicted octanol–water partition coefficient (Wildman–Crippen LogP) is 5.69. The average molecular weight is 404 g/mol. The van der Waals surface area contributed by atoms with Crippen LogP contribution in [0.2, 0.25) is 0 Å². The van der Waals surface area contributed by atoms with E-state index in [-0.39, 0.29) is 11.9 Å². The Kier molecular flexibility index (Phi) is 5.03. The van der Waals surface area contributed by atoms with E-state index in [9.17, 15) is 9.59 Å². The quantitative estimate of drug-likeness (QED) is 0.578. The molecule has 1 aliphatic rings. The Hall–Kier alpha value is -3.25. The molecule has 0 unspecified atom stereocenters. The van der Waals surface area contributed by atoms with Gasteiger partial charge >= 0.3 is 6.03 Å². The average Bonchev–Trinajstić information content (AvgIpc) is 2.80. The van der Waals surface area contributed by atoms with Crippen molar-refractivity contribution in [2.45, 2.75) is 23.6 Å². The van der Waals surface area contributed by atoms with Crippen LogP contribution < -0.4 is 15.5 Å². The molecule has 3 amide bonds. The highest BCUT2D eigenvalue weighted by atomic mass is 32.2. The number of hydrogen-bond acceptors (Lipinski definition) is 3. The van der Waals surface area contributed by atoms with E-state index in [4.69, 9.17) is 0 Å². The summed E-state index contributed by atoms with van der Waals surface area (Å²) in [5, 5.41) is 5.74. The second kappa shape index (κ2) is 7.64. The monoisotopic (exact) mass is 403 g/mol. The fraction of sp³-hybridized carbons (Fsp3) is 0.130. The normalized spacial score (nSPS) is 12.7. The number of nitrogens with zero attached hydrogens (tertiary/aromatic N) is 1. The minimum atomic E-state index is -0.324.